The van der Waals surface area contributed by atoms with E-state index in [0.29, 0.717) is 6.54 Å². The molecular formula is C10H20N4O3S. The molecule has 2 N–H and O–H groups in total. The van der Waals surface area contributed by atoms with Crippen molar-refractivity contribution in [2.45, 2.75) is 18.1 Å². The number of aliphatic hydroxyl groups excluding tert-OH is 1. The zero-order valence-electron chi connectivity index (χ0n) is 10.9. The lowest BCUT2D eigenvalue weighted by Gasteiger charge is -2.18. The Bertz CT molecular complexity index is 469. The molecule has 104 valence electrons. The monoisotopic (exact) mass is 276 g/mol. The van der Waals surface area contributed by atoms with Crippen molar-refractivity contribution in [3.63, 3.8) is 0 Å². The molecule has 0 aromatic carbocycles. The van der Waals surface area contributed by atoms with Gasteiger partial charge in [-0.15, -0.1) is 0 Å². The summed E-state index contributed by atoms with van der Waals surface area (Å²) >= 11 is 0. The van der Waals surface area contributed by atoms with Crippen LogP contribution in [0.2, 0.25) is 0 Å². The van der Waals surface area contributed by atoms with Crippen LogP contribution in [0.1, 0.15) is 12.0 Å². The molecule has 0 saturated carbocycles. The highest BCUT2D eigenvalue weighted by molar-refractivity contribution is 7.89. The summed E-state index contributed by atoms with van der Waals surface area (Å²) in [7, 11) is 1.80. The average Bonchev–Trinajstić information content (AvgIpc) is 2.76. The van der Waals surface area contributed by atoms with E-state index < -0.39 is 10.0 Å². The van der Waals surface area contributed by atoms with Crippen LogP contribution in [-0.2, 0) is 16.6 Å². The van der Waals surface area contributed by atoms with Gasteiger partial charge in [-0.05, 0) is 27.1 Å². The standard InChI is InChI=1S/C10H20N4O3S/c1-13(2)5-4-6-14(3)18(16,17)10-9(8-15)7-11-12-10/h7,15H,4-6,8H2,1-3H3,(H,11,12). The molecule has 1 heterocycles. The third-order valence-electron chi connectivity index (χ3n) is 2.60. The first-order valence-corrected chi connectivity index (χ1v) is 7.07. The van der Waals surface area contributed by atoms with Crippen molar-refractivity contribution in [3.8, 4) is 0 Å². The van der Waals surface area contributed by atoms with Gasteiger partial charge in [0.2, 0.25) is 0 Å². The van der Waals surface area contributed by atoms with E-state index in [1.165, 1.54) is 17.5 Å². The van der Waals surface area contributed by atoms with Gasteiger partial charge in [-0.2, -0.15) is 9.40 Å². The number of hydrogen-bond donors (Lipinski definition) is 2. The van der Waals surface area contributed by atoms with Crippen LogP contribution in [0, 0.1) is 0 Å². The van der Waals surface area contributed by atoms with Gasteiger partial charge in [-0.1, -0.05) is 0 Å². The normalized spacial score (nSPS) is 12.6. The molecule has 0 saturated heterocycles. The van der Waals surface area contributed by atoms with Crippen LogP contribution >= 0.6 is 0 Å². The molecule has 8 heteroatoms. The molecule has 0 aliphatic heterocycles. The highest BCUT2D eigenvalue weighted by Gasteiger charge is 2.25. The fourth-order valence-corrected chi connectivity index (χ4v) is 2.82. The van der Waals surface area contributed by atoms with Gasteiger partial charge in [0.05, 0.1) is 12.8 Å². The third kappa shape index (κ3) is 3.52. The largest absolute Gasteiger partial charge is 0.392 e. The topological polar surface area (TPSA) is 89.5 Å². The lowest BCUT2D eigenvalue weighted by Crippen LogP contribution is -2.30. The minimum Gasteiger partial charge on any atom is -0.392 e. The van der Waals surface area contributed by atoms with Crippen LogP contribution in [0.15, 0.2) is 11.2 Å². The van der Waals surface area contributed by atoms with E-state index in [0.717, 1.165) is 13.0 Å². The predicted octanol–water partition coefficient (Wildman–Crippen LogP) is -0.526. The molecule has 0 amide bonds. The summed E-state index contributed by atoms with van der Waals surface area (Å²) in [5.41, 5.74) is 0.287. The second kappa shape index (κ2) is 6.28. The first-order valence-electron chi connectivity index (χ1n) is 5.63. The second-order valence-corrected chi connectivity index (χ2v) is 6.35. The summed E-state index contributed by atoms with van der Waals surface area (Å²) in [6.45, 7) is 0.886. The van der Waals surface area contributed by atoms with Crippen LogP contribution in [0.25, 0.3) is 0 Å². The smallest absolute Gasteiger partial charge is 0.260 e. The van der Waals surface area contributed by atoms with Crippen molar-refractivity contribution in [2.24, 2.45) is 0 Å². The molecule has 0 spiro atoms. The maximum absolute atomic E-state index is 12.2. The molecule has 0 radical (unpaired) electrons. The summed E-state index contributed by atoms with van der Waals surface area (Å²) < 4.78 is 25.6. The number of nitrogens with zero attached hydrogens (tertiary/aromatic N) is 3. The molecule has 0 bridgehead atoms. The van der Waals surface area contributed by atoms with E-state index in [1.54, 1.807) is 0 Å². The van der Waals surface area contributed by atoms with Crippen molar-refractivity contribution in [1.29, 1.82) is 0 Å². The van der Waals surface area contributed by atoms with E-state index >= 15 is 0 Å². The van der Waals surface area contributed by atoms with E-state index in [4.69, 9.17) is 5.11 Å². The van der Waals surface area contributed by atoms with Gasteiger partial charge in [0.25, 0.3) is 10.0 Å². The van der Waals surface area contributed by atoms with Crippen LogP contribution in [-0.4, -0.2) is 67.2 Å². The highest BCUT2D eigenvalue weighted by atomic mass is 32.2. The number of aliphatic hydroxyl groups is 1. The molecule has 7 nitrogen and oxygen atoms in total. The van der Waals surface area contributed by atoms with Crippen molar-refractivity contribution in [1.82, 2.24) is 19.4 Å². The van der Waals surface area contributed by atoms with Crippen LogP contribution in [0.5, 0.6) is 0 Å². The average molecular weight is 276 g/mol. The predicted molar refractivity (Wildman–Crippen MR) is 67.5 cm³/mol. The van der Waals surface area contributed by atoms with E-state index in [9.17, 15) is 8.42 Å². The molecule has 0 fully saturated rings. The van der Waals surface area contributed by atoms with Crippen LogP contribution in [0.4, 0.5) is 0 Å². The van der Waals surface area contributed by atoms with Gasteiger partial charge in [0, 0.05) is 19.2 Å². The minimum absolute atomic E-state index is 0.0302. The molecule has 0 atom stereocenters. The fourth-order valence-electron chi connectivity index (χ4n) is 1.52. The maximum atomic E-state index is 12.2. The fraction of sp³-hybridized carbons (Fsp3) is 0.700. The molecule has 0 aliphatic rings. The molecule has 0 unspecified atom stereocenters. The van der Waals surface area contributed by atoms with Gasteiger partial charge in [-0.25, -0.2) is 8.42 Å². The summed E-state index contributed by atoms with van der Waals surface area (Å²) in [6, 6.07) is 0. The van der Waals surface area contributed by atoms with Crippen molar-refractivity contribution >= 4 is 10.0 Å². The summed E-state index contributed by atoms with van der Waals surface area (Å²) in [5, 5.41) is 15.1. The van der Waals surface area contributed by atoms with Crippen molar-refractivity contribution < 1.29 is 13.5 Å². The minimum atomic E-state index is -3.60. The Hall–Kier alpha value is -0.960. The Labute approximate surface area is 107 Å². The van der Waals surface area contributed by atoms with E-state index in [2.05, 4.69) is 10.2 Å². The second-order valence-electron chi connectivity index (χ2n) is 4.37. The van der Waals surface area contributed by atoms with Crippen LogP contribution in [0.3, 0.4) is 0 Å². The van der Waals surface area contributed by atoms with Crippen molar-refractivity contribution in [2.75, 3.05) is 34.2 Å². The maximum Gasteiger partial charge on any atom is 0.260 e. The summed E-state index contributed by atoms with van der Waals surface area (Å²) in [6.07, 6.45) is 2.06. The van der Waals surface area contributed by atoms with Gasteiger partial charge in [0.1, 0.15) is 0 Å². The number of H-pyrrole nitrogens is 1. The van der Waals surface area contributed by atoms with Gasteiger partial charge in [0.15, 0.2) is 5.03 Å². The van der Waals surface area contributed by atoms with Gasteiger partial charge < -0.3 is 10.0 Å². The van der Waals surface area contributed by atoms with Crippen LogP contribution < -0.4 is 0 Å². The molecular weight excluding hydrogens is 256 g/mol. The quantitative estimate of drug-likeness (QED) is 0.699. The van der Waals surface area contributed by atoms with Gasteiger partial charge in [-0.3, -0.25) is 5.10 Å². The number of nitrogens with one attached hydrogen (secondary N) is 1. The Morgan fingerprint density at radius 3 is 2.56 bits per heavy atom. The van der Waals surface area contributed by atoms with Gasteiger partial charge >= 0.3 is 0 Å². The molecule has 1 aromatic rings. The molecule has 18 heavy (non-hydrogen) atoms. The molecule has 0 aliphatic carbocycles. The number of aromatic nitrogens is 2. The first kappa shape index (κ1) is 15.1. The van der Waals surface area contributed by atoms with Crippen molar-refractivity contribution in [3.05, 3.63) is 11.8 Å². The Balaban J connectivity index is 2.74. The van der Waals surface area contributed by atoms with E-state index in [1.807, 2.05) is 19.0 Å². The van der Waals surface area contributed by atoms with E-state index in [-0.39, 0.29) is 17.2 Å². The lowest BCUT2D eigenvalue weighted by molar-refractivity contribution is 0.278. The summed E-state index contributed by atoms with van der Waals surface area (Å²) in [5.74, 6) is 0. The number of sulfonamides is 1. The summed E-state index contributed by atoms with van der Waals surface area (Å²) in [4.78, 5) is 2.00. The Morgan fingerprint density at radius 1 is 1.33 bits per heavy atom. The third-order valence-corrected chi connectivity index (χ3v) is 4.47. The zero-order chi connectivity index (χ0) is 13.8. The zero-order valence-corrected chi connectivity index (χ0v) is 11.7. The number of aromatic amines is 1. The highest BCUT2D eigenvalue weighted by Crippen LogP contribution is 2.16. The number of hydrogen-bond acceptors (Lipinski definition) is 5. The lowest BCUT2D eigenvalue weighted by atomic mass is 10.4. The first-order chi connectivity index (χ1) is 8.39. The Kier molecular flexibility index (Phi) is 5.27. The number of rotatable bonds is 7. The SMILES string of the molecule is CN(C)CCCN(C)S(=O)(=O)c1[nH]ncc1CO. The molecule has 1 aromatic heterocycles. The Morgan fingerprint density at radius 2 is 2.00 bits per heavy atom. The molecule has 1 rings (SSSR count).